The quantitative estimate of drug-likeness (QED) is 0.631. The normalized spacial score (nSPS) is 16.0. The Hall–Kier alpha value is -2.37. The van der Waals surface area contributed by atoms with Crippen molar-refractivity contribution >= 4 is 5.96 Å². The van der Waals surface area contributed by atoms with Gasteiger partial charge in [-0.2, -0.15) is 0 Å². The van der Waals surface area contributed by atoms with Gasteiger partial charge < -0.3 is 15.2 Å². The van der Waals surface area contributed by atoms with Crippen molar-refractivity contribution in [3.63, 3.8) is 0 Å². The summed E-state index contributed by atoms with van der Waals surface area (Å²) in [5, 5.41) is 10.5. The van der Waals surface area contributed by atoms with E-state index >= 15 is 0 Å². The SMILES string of the molecule is CCc1cc(CNC(=NC)NCC2(c3ccccc3F)CC2)on1. The molecule has 0 bridgehead atoms. The van der Waals surface area contributed by atoms with Gasteiger partial charge in [-0.25, -0.2) is 4.39 Å². The first kappa shape index (κ1) is 16.5. The summed E-state index contributed by atoms with van der Waals surface area (Å²) in [6.45, 7) is 3.21. The van der Waals surface area contributed by atoms with Crippen molar-refractivity contribution in [1.82, 2.24) is 15.8 Å². The van der Waals surface area contributed by atoms with Gasteiger partial charge in [0.25, 0.3) is 0 Å². The van der Waals surface area contributed by atoms with Crippen molar-refractivity contribution in [2.75, 3.05) is 13.6 Å². The molecular formula is C18H23FN4O. The lowest BCUT2D eigenvalue weighted by atomic mass is 9.95. The van der Waals surface area contributed by atoms with E-state index in [0.29, 0.717) is 19.0 Å². The highest BCUT2D eigenvalue weighted by Crippen LogP contribution is 2.48. The molecule has 1 aliphatic carbocycles. The zero-order valence-electron chi connectivity index (χ0n) is 14.1. The first-order valence-corrected chi connectivity index (χ1v) is 8.31. The fraction of sp³-hybridized carbons (Fsp3) is 0.444. The maximum Gasteiger partial charge on any atom is 0.191 e. The van der Waals surface area contributed by atoms with E-state index in [0.717, 1.165) is 36.3 Å². The van der Waals surface area contributed by atoms with Crippen LogP contribution in [0.25, 0.3) is 0 Å². The molecule has 0 spiro atoms. The molecule has 1 aliphatic rings. The van der Waals surface area contributed by atoms with Crippen LogP contribution in [0.1, 0.15) is 36.8 Å². The van der Waals surface area contributed by atoms with Crippen LogP contribution in [-0.2, 0) is 18.4 Å². The fourth-order valence-electron chi connectivity index (χ4n) is 2.83. The molecule has 0 atom stereocenters. The number of nitrogens with zero attached hydrogens (tertiary/aromatic N) is 2. The van der Waals surface area contributed by atoms with E-state index in [-0.39, 0.29) is 11.2 Å². The standard InChI is InChI=1S/C18H23FN4O/c1-3-13-10-14(24-23-13)11-21-17(20-2)22-12-18(8-9-18)15-6-4-5-7-16(15)19/h4-7,10H,3,8-9,11-12H2,1-2H3,(H2,20,21,22). The summed E-state index contributed by atoms with van der Waals surface area (Å²) in [7, 11) is 1.72. The molecular weight excluding hydrogens is 307 g/mol. The highest BCUT2D eigenvalue weighted by molar-refractivity contribution is 5.79. The minimum absolute atomic E-state index is 0.120. The van der Waals surface area contributed by atoms with E-state index in [1.54, 1.807) is 13.1 Å². The zero-order chi connectivity index (χ0) is 17.0. The number of hydrogen-bond donors (Lipinski definition) is 2. The van der Waals surface area contributed by atoms with E-state index in [9.17, 15) is 4.39 Å². The Morgan fingerprint density at radius 1 is 1.33 bits per heavy atom. The van der Waals surface area contributed by atoms with E-state index in [1.165, 1.54) is 6.07 Å². The molecule has 0 amide bonds. The lowest BCUT2D eigenvalue weighted by molar-refractivity contribution is 0.374. The third kappa shape index (κ3) is 3.58. The molecule has 1 saturated carbocycles. The molecule has 24 heavy (non-hydrogen) atoms. The number of aromatic nitrogens is 1. The van der Waals surface area contributed by atoms with Gasteiger partial charge in [0, 0.05) is 25.1 Å². The average molecular weight is 330 g/mol. The van der Waals surface area contributed by atoms with Crippen molar-refractivity contribution in [3.8, 4) is 0 Å². The van der Waals surface area contributed by atoms with Crippen molar-refractivity contribution in [1.29, 1.82) is 0 Å². The summed E-state index contributed by atoms with van der Waals surface area (Å²) in [5.74, 6) is 1.31. The second-order valence-corrected chi connectivity index (χ2v) is 6.18. The van der Waals surface area contributed by atoms with Crippen LogP contribution in [0.3, 0.4) is 0 Å². The second-order valence-electron chi connectivity index (χ2n) is 6.18. The van der Waals surface area contributed by atoms with Gasteiger partial charge in [0.15, 0.2) is 11.7 Å². The smallest absolute Gasteiger partial charge is 0.191 e. The first-order valence-electron chi connectivity index (χ1n) is 8.31. The van der Waals surface area contributed by atoms with Crippen molar-refractivity contribution in [3.05, 3.63) is 53.2 Å². The Bertz CT molecular complexity index is 721. The van der Waals surface area contributed by atoms with Crippen LogP contribution in [0.2, 0.25) is 0 Å². The molecule has 1 heterocycles. The van der Waals surface area contributed by atoms with Crippen molar-refractivity contribution in [2.24, 2.45) is 4.99 Å². The molecule has 5 nitrogen and oxygen atoms in total. The Kier molecular flexibility index (Phi) is 4.83. The second kappa shape index (κ2) is 7.03. The van der Waals surface area contributed by atoms with Crippen molar-refractivity contribution in [2.45, 2.75) is 38.1 Å². The summed E-state index contributed by atoms with van der Waals surface area (Å²) < 4.78 is 19.3. The molecule has 0 aliphatic heterocycles. The van der Waals surface area contributed by atoms with Crippen LogP contribution in [0.4, 0.5) is 4.39 Å². The van der Waals surface area contributed by atoms with Gasteiger partial charge in [-0.05, 0) is 30.9 Å². The fourth-order valence-corrected chi connectivity index (χ4v) is 2.83. The Balaban J connectivity index is 1.56. The highest BCUT2D eigenvalue weighted by Gasteiger charge is 2.45. The van der Waals surface area contributed by atoms with Crippen molar-refractivity contribution < 1.29 is 8.91 Å². The third-order valence-corrected chi connectivity index (χ3v) is 4.52. The molecule has 0 unspecified atom stereocenters. The molecule has 0 radical (unpaired) electrons. The lowest BCUT2D eigenvalue weighted by Crippen LogP contribution is -2.41. The number of aryl methyl sites for hydroxylation is 1. The minimum Gasteiger partial charge on any atom is -0.359 e. The lowest BCUT2D eigenvalue weighted by Gasteiger charge is -2.19. The topological polar surface area (TPSA) is 62.5 Å². The van der Waals surface area contributed by atoms with Crippen LogP contribution < -0.4 is 10.6 Å². The number of hydrogen-bond acceptors (Lipinski definition) is 3. The number of nitrogens with one attached hydrogen (secondary N) is 2. The minimum atomic E-state index is -0.131. The van der Waals surface area contributed by atoms with E-state index < -0.39 is 0 Å². The zero-order valence-corrected chi connectivity index (χ0v) is 14.1. The number of aliphatic imine (C=N–C) groups is 1. The summed E-state index contributed by atoms with van der Waals surface area (Å²) in [6, 6.07) is 8.95. The molecule has 0 saturated heterocycles. The number of benzene rings is 1. The monoisotopic (exact) mass is 330 g/mol. The van der Waals surface area contributed by atoms with Crippen LogP contribution in [0.5, 0.6) is 0 Å². The molecule has 3 rings (SSSR count). The first-order chi connectivity index (χ1) is 11.7. The molecule has 1 aromatic heterocycles. The largest absolute Gasteiger partial charge is 0.359 e. The molecule has 6 heteroatoms. The van der Waals surface area contributed by atoms with E-state index in [4.69, 9.17) is 4.52 Å². The Morgan fingerprint density at radius 2 is 2.12 bits per heavy atom. The van der Waals surface area contributed by atoms with Gasteiger partial charge in [0.05, 0.1) is 12.2 Å². The molecule has 128 valence electrons. The van der Waals surface area contributed by atoms with Gasteiger partial charge in [-0.1, -0.05) is 30.3 Å². The average Bonchev–Trinajstić information content (AvgIpc) is 3.24. The van der Waals surface area contributed by atoms with Crippen LogP contribution in [0.15, 0.2) is 39.8 Å². The van der Waals surface area contributed by atoms with Gasteiger partial charge in [0.2, 0.25) is 0 Å². The summed E-state index contributed by atoms with van der Waals surface area (Å²) >= 11 is 0. The number of halogens is 1. The van der Waals surface area contributed by atoms with E-state index in [2.05, 4.69) is 20.8 Å². The number of guanidine groups is 1. The third-order valence-electron chi connectivity index (χ3n) is 4.52. The Morgan fingerprint density at radius 3 is 2.75 bits per heavy atom. The summed E-state index contributed by atoms with van der Waals surface area (Å²) in [5.41, 5.74) is 1.60. The van der Waals surface area contributed by atoms with E-state index in [1.807, 2.05) is 25.1 Å². The number of rotatable bonds is 6. The predicted molar refractivity (Wildman–Crippen MR) is 91.4 cm³/mol. The molecule has 2 aromatic rings. The molecule has 2 N–H and O–H groups in total. The molecule has 1 fully saturated rings. The summed E-state index contributed by atoms with van der Waals surface area (Å²) in [4.78, 5) is 4.22. The predicted octanol–water partition coefficient (Wildman–Crippen LogP) is 2.77. The molecule has 1 aromatic carbocycles. The van der Waals surface area contributed by atoms with Crippen LogP contribution in [-0.4, -0.2) is 24.7 Å². The highest BCUT2D eigenvalue weighted by atomic mass is 19.1. The van der Waals surface area contributed by atoms with Gasteiger partial charge >= 0.3 is 0 Å². The van der Waals surface area contributed by atoms with Gasteiger partial charge in [0.1, 0.15) is 5.82 Å². The Labute approximate surface area is 141 Å². The van der Waals surface area contributed by atoms with Gasteiger partial charge in [-0.3, -0.25) is 4.99 Å². The van der Waals surface area contributed by atoms with Crippen LogP contribution >= 0.6 is 0 Å². The maximum absolute atomic E-state index is 14.0. The maximum atomic E-state index is 14.0. The van der Waals surface area contributed by atoms with Gasteiger partial charge in [-0.15, -0.1) is 0 Å². The van der Waals surface area contributed by atoms with Crippen LogP contribution in [0, 0.1) is 5.82 Å². The summed E-state index contributed by atoms with van der Waals surface area (Å²) in [6.07, 6.45) is 2.82.